The summed E-state index contributed by atoms with van der Waals surface area (Å²) in [5.41, 5.74) is 1.15. The molecule has 0 aliphatic carbocycles. The van der Waals surface area contributed by atoms with E-state index in [0.717, 1.165) is 11.5 Å². The summed E-state index contributed by atoms with van der Waals surface area (Å²) < 4.78 is 3.78. The van der Waals surface area contributed by atoms with Crippen LogP contribution in [0.15, 0.2) is 18.6 Å². The Kier molecular flexibility index (Phi) is 3.00. The molecule has 6 heteroatoms. The van der Waals surface area contributed by atoms with Crippen LogP contribution in [0.25, 0.3) is 0 Å². The molecule has 86 valence electrons. The van der Waals surface area contributed by atoms with Crippen LogP contribution >= 0.6 is 0 Å². The Balaban J connectivity index is 1.97. The summed E-state index contributed by atoms with van der Waals surface area (Å²) in [5.74, 6) is 0.925. The average Bonchev–Trinajstić information content (AvgIpc) is 2.84. The Hall–Kier alpha value is -1.69. The van der Waals surface area contributed by atoms with Crippen LogP contribution in [-0.2, 0) is 20.6 Å². The van der Waals surface area contributed by atoms with E-state index in [1.54, 1.807) is 12.5 Å². The third-order valence-corrected chi connectivity index (χ3v) is 2.67. The number of aromatic nitrogens is 5. The molecule has 0 aromatic carbocycles. The lowest BCUT2D eigenvalue weighted by molar-refractivity contribution is 0.513. The summed E-state index contributed by atoms with van der Waals surface area (Å²) in [6.07, 6.45) is 3.50. The van der Waals surface area contributed by atoms with E-state index in [9.17, 15) is 0 Å². The van der Waals surface area contributed by atoms with Crippen molar-refractivity contribution in [3.8, 4) is 0 Å². The molecule has 1 atom stereocenters. The highest BCUT2D eigenvalue weighted by atomic mass is 15.3. The molecule has 2 aromatic heterocycles. The molecule has 16 heavy (non-hydrogen) atoms. The van der Waals surface area contributed by atoms with E-state index in [1.807, 2.05) is 29.4 Å². The van der Waals surface area contributed by atoms with E-state index in [1.165, 1.54) is 0 Å². The average molecular weight is 220 g/mol. The Morgan fingerprint density at radius 1 is 1.44 bits per heavy atom. The summed E-state index contributed by atoms with van der Waals surface area (Å²) in [7, 11) is 3.88. The van der Waals surface area contributed by atoms with Crippen LogP contribution in [0.5, 0.6) is 0 Å². The fourth-order valence-corrected chi connectivity index (χ4v) is 1.62. The minimum Gasteiger partial charge on any atom is -0.320 e. The third-order valence-electron chi connectivity index (χ3n) is 2.67. The molecule has 6 nitrogen and oxygen atoms in total. The molecule has 0 fully saturated rings. The number of nitrogens with zero attached hydrogens (tertiary/aromatic N) is 5. The van der Waals surface area contributed by atoms with Gasteiger partial charge in [-0.2, -0.15) is 5.10 Å². The monoisotopic (exact) mass is 220 g/mol. The largest absolute Gasteiger partial charge is 0.320 e. The van der Waals surface area contributed by atoms with E-state index in [4.69, 9.17) is 0 Å². The third kappa shape index (κ3) is 2.11. The van der Waals surface area contributed by atoms with Gasteiger partial charge in [0.2, 0.25) is 0 Å². The molecule has 0 aliphatic heterocycles. The molecule has 0 amide bonds. The number of aryl methyl sites for hydroxylation is 2. The van der Waals surface area contributed by atoms with Gasteiger partial charge in [-0.15, -0.1) is 10.2 Å². The lowest BCUT2D eigenvalue weighted by atomic mass is 10.2. The van der Waals surface area contributed by atoms with Gasteiger partial charge in [0.05, 0.1) is 12.2 Å². The number of nitrogens with one attached hydrogen (secondary N) is 1. The predicted molar refractivity (Wildman–Crippen MR) is 59.5 cm³/mol. The maximum atomic E-state index is 4.14. The minimum absolute atomic E-state index is 0.240. The maximum absolute atomic E-state index is 4.14. The SMILES string of the molecule is CC(NCc1nncn1C)c1ccnn1C. The fourth-order valence-electron chi connectivity index (χ4n) is 1.62. The van der Waals surface area contributed by atoms with Crippen LogP contribution in [0.2, 0.25) is 0 Å². The maximum Gasteiger partial charge on any atom is 0.146 e. The molecule has 0 saturated heterocycles. The van der Waals surface area contributed by atoms with Gasteiger partial charge in [0.25, 0.3) is 0 Å². The Labute approximate surface area is 94.3 Å². The molecule has 0 spiro atoms. The van der Waals surface area contributed by atoms with Gasteiger partial charge in [0.1, 0.15) is 12.2 Å². The van der Waals surface area contributed by atoms with Crippen molar-refractivity contribution in [1.29, 1.82) is 0 Å². The second-order valence-electron chi connectivity index (χ2n) is 3.84. The van der Waals surface area contributed by atoms with Crippen molar-refractivity contribution in [2.45, 2.75) is 19.5 Å². The van der Waals surface area contributed by atoms with Crippen LogP contribution < -0.4 is 5.32 Å². The van der Waals surface area contributed by atoms with Gasteiger partial charge in [-0.3, -0.25) is 4.68 Å². The van der Waals surface area contributed by atoms with Crippen LogP contribution in [-0.4, -0.2) is 24.5 Å². The normalized spacial score (nSPS) is 12.9. The Morgan fingerprint density at radius 3 is 2.81 bits per heavy atom. The van der Waals surface area contributed by atoms with E-state index < -0.39 is 0 Å². The number of hydrogen-bond donors (Lipinski definition) is 1. The molecule has 0 bridgehead atoms. The molecular formula is C10H16N6. The first kappa shape index (κ1) is 10.8. The van der Waals surface area contributed by atoms with Gasteiger partial charge < -0.3 is 9.88 Å². The summed E-state index contributed by atoms with van der Waals surface area (Å²) in [6, 6.07) is 2.25. The van der Waals surface area contributed by atoms with E-state index in [-0.39, 0.29) is 6.04 Å². The summed E-state index contributed by atoms with van der Waals surface area (Å²) in [6.45, 7) is 2.80. The van der Waals surface area contributed by atoms with Crippen molar-refractivity contribution in [1.82, 2.24) is 29.9 Å². The lowest BCUT2D eigenvalue weighted by Gasteiger charge is -2.13. The second kappa shape index (κ2) is 4.44. The van der Waals surface area contributed by atoms with Crippen molar-refractivity contribution in [3.05, 3.63) is 30.1 Å². The summed E-state index contributed by atoms with van der Waals surface area (Å²) >= 11 is 0. The van der Waals surface area contributed by atoms with Gasteiger partial charge in [-0.05, 0) is 13.0 Å². The molecular weight excluding hydrogens is 204 g/mol. The number of hydrogen-bond acceptors (Lipinski definition) is 4. The van der Waals surface area contributed by atoms with Crippen molar-refractivity contribution >= 4 is 0 Å². The van der Waals surface area contributed by atoms with Crippen molar-refractivity contribution in [2.24, 2.45) is 14.1 Å². The molecule has 0 aliphatic rings. The van der Waals surface area contributed by atoms with Crippen molar-refractivity contribution < 1.29 is 0 Å². The highest BCUT2D eigenvalue weighted by molar-refractivity contribution is 5.05. The van der Waals surface area contributed by atoms with Gasteiger partial charge in [-0.1, -0.05) is 0 Å². The van der Waals surface area contributed by atoms with Crippen LogP contribution in [0.4, 0.5) is 0 Å². The summed E-state index contributed by atoms with van der Waals surface area (Å²) in [4.78, 5) is 0. The van der Waals surface area contributed by atoms with Crippen molar-refractivity contribution in [3.63, 3.8) is 0 Å². The fraction of sp³-hybridized carbons (Fsp3) is 0.500. The molecule has 0 saturated carbocycles. The zero-order chi connectivity index (χ0) is 11.5. The van der Waals surface area contributed by atoms with Gasteiger partial charge in [-0.25, -0.2) is 0 Å². The van der Waals surface area contributed by atoms with Crippen LogP contribution in [0, 0.1) is 0 Å². The lowest BCUT2D eigenvalue weighted by Crippen LogP contribution is -2.22. The van der Waals surface area contributed by atoms with Gasteiger partial charge in [0.15, 0.2) is 0 Å². The molecule has 1 unspecified atom stereocenters. The Bertz CT molecular complexity index is 457. The molecule has 2 rings (SSSR count). The smallest absolute Gasteiger partial charge is 0.146 e. The number of rotatable bonds is 4. The highest BCUT2D eigenvalue weighted by Gasteiger charge is 2.09. The van der Waals surface area contributed by atoms with Gasteiger partial charge in [0, 0.05) is 26.3 Å². The van der Waals surface area contributed by atoms with Crippen LogP contribution in [0.3, 0.4) is 0 Å². The van der Waals surface area contributed by atoms with Gasteiger partial charge >= 0.3 is 0 Å². The van der Waals surface area contributed by atoms with E-state index in [0.29, 0.717) is 6.54 Å². The summed E-state index contributed by atoms with van der Waals surface area (Å²) in [5, 5.41) is 15.4. The Morgan fingerprint density at radius 2 is 2.25 bits per heavy atom. The molecule has 0 radical (unpaired) electrons. The minimum atomic E-state index is 0.240. The molecule has 2 heterocycles. The zero-order valence-electron chi connectivity index (χ0n) is 9.75. The first-order valence-corrected chi connectivity index (χ1v) is 5.22. The van der Waals surface area contributed by atoms with Crippen molar-refractivity contribution in [2.75, 3.05) is 0 Å². The first-order chi connectivity index (χ1) is 7.68. The van der Waals surface area contributed by atoms with Crippen LogP contribution in [0.1, 0.15) is 24.5 Å². The first-order valence-electron chi connectivity index (χ1n) is 5.22. The molecule has 2 aromatic rings. The predicted octanol–water partition coefficient (Wildman–Crippen LogP) is 0.399. The standard InChI is InChI=1S/C10H16N6/c1-8(9-4-5-13-16(9)3)11-6-10-14-12-7-15(10)2/h4-5,7-8,11H,6H2,1-3H3. The topological polar surface area (TPSA) is 60.6 Å². The molecule has 1 N–H and O–H groups in total. The zero-order valence-corrected chi connectivity index (χ0v) is 9.75. The second-order valence-corrected chi connectivity index (χ2v) is 3.84. The van der Waals surface area contributed by atoms with E-state index in [2.05, 4.69) is 27.5 Å². The highest BCUT2D eigenvalue weighted by Crippen LogP contribution is 2.10. The quantitative estimate of drug-likeness (QED) is 0.810. The van der Waals surface area contributed by atoms with E-state index >= 15 is 0 Å².